The Bertz CT molecular complexity index is 519. The standard InChI is InChI=1S/C15H23N3O3/c1-10-9-21-12(8-19)7-18(10)14-5-4-11(6-13(14)16)15(20)17(2)3/h4-6,10,12,19H,7-9,16H2,1-3H3. The first-order chi connectivity index (χ1) is 9.93. The van der Waals surface area contributed by atoms with Gasteiger partial charge in [-0.15, -0.1) is 0 Å². The number of nitrogen functional groups attached to an aromatic ring is 1. The molecule has 0 radical (unpaired) electrons. The van der Waals surface area contributed by atoms with Gasteiger partial charge in [0.25, 0.3) is 5.91 Å². The normalized spacial score (nSPS) is 22.2. The number of benzene rings is 1. The van der Waals surface area contributed by atoms with Crippen molar-refractivity contribution in [1.82, 2.24) is 4.90 Å². The lowest BCUT2D eigenvalue weighted by molar-refractivity contribution is -0.0102. The van der Waals surface area contributed by atoms with E-state index in [1.807, 2.05) is 13.0 Å². The van der Waals surface area contributed by atoms with Crippen molar-refractivity contribution in [2.24, 2.45) is 0 Å². The van der Waals surface area contributed by atoms with Crippen LogP contribution >= 0.6 is 0 Å². The van der Waals surface area contributed by atoms with E-state index in [1.54, 1.807) is 26.2 Å². The molecule has 2 atom stereocenters. The van der Waals surface area contributed by atoms with E-state index in [9.17, 15) is 9.90 Å². The average molecular weight is 293 g/mol. The maximum atomic E-state index is 12.0. The van der Waals surface area contributed by atoms with Gasteiger partial charge in [0.1, 0.15) is 0 Å². The van der Waals surface area contributed by atoms with Gasteiger partial charge in [0.05, 0.1) is 30.7 Å². The van der Waals surface area contributed by atoms with E-state index in [2.05, 4.69) is 4.90 Å². The average Bonchev–Trinajstić information content (AvgIpc) is 2.47. The number of carbonyl (C=O) groups excluding carboxylic acids is 1. The number of hydrogen-bond donors (Lipinski definition) is 2. The minimum absolute atomic E-state index is 0.0136. The molecule has 6 heteroatoms. The van der Waals surface area contributed by atoms with Crippen molar-refractivity contribution in [3.63, 3.8) is 0 Å². The molecule has 1 amide bonds. The number of ether oxygens (including phenoxy) is 1. The van der Waals surface area contributed by atoms with Crippen LogP contribution in [-0.2, 0) is 4.74 Å². The molecule has 2 unspecified atom stereocenters. The summed E-state index contributed by atoms with van der Waals surface area (Å²) in [5.41, 5.74) is 8.13. The number of amides is 1. The smallest absolute Gasteiger partial charge is 0.253 e. The molecule has 1 aromatic rings. The van der Waals surface area contributed by atoms with E-state index < -0.39 is 0 Å². The molecule has 1 aliphatic heterocycles. The van der Waals surface area contributed by atoms with Crippen LogP contribution in [0.5, 0.6) is 0 Å². The summed E-state index contributed by atoms with van der Waals surface area (Å²) in [6, 6.07) is 5.52. The predicted molar refractivity (Wildman–Crippen MR) is 82.5 cm³/mol. The number of nitrogens with zero attached hydrogens (tertiary/aromatic N) is 2. The van der Waals surface area contributed by atoms with Crippen molar-refractivity contribution < 1.29 is 14.6 Å². The first kappa shape index (κ1) is 15.6. The second kappa shape index (κ2) is 6.32. The van der Waals surface area contributed by atoms with E-state index in [0.29, 0.717) is 24.4 Å². The van der Waals surface area contributed by atoms with Crippen molar-refractivity contribution in [2.75, 3.05) is 44.5 Å². The lowest BCUT2D eigenvalue weighted by Crippen LogP contribution is -2.49. The highest BCUT2D eigenvalue weighted by atomic mass is 16.5. The molecule has 1 heterocycles. The summed E-state index contributed by atoms with van der Waals surface area (Å²) in [5, 5.41) is 9.26. The molecule has 0 saturated carbocycles. The Kier molecular flexibility index (Phi) is 4.69. The zero-order chi connectivity index (χ0) is 15.6. The number of nitrogens with two attached hydrogens (primary N) is 1. The van der Waals surface area contributed by atoms with Crippen LogP contribution in [0.4, 0.5) is 11.4 Å². The minimum Gasteiger partial charge on any atom is -0.397 e. The van der Waals surface area contributed by atoms with Gasteiger partial charge in [0, 0.05) is 32.2 Å². The van der Waals surface area contributed by atoms with Gasteiger partial charge in [0.15, 0.2) is 0 Å². The zero-order valence-electron chi connectivity index (χ0n) is 12.7. The van der Waals surface area contributed by atoms with Crippen LogP contribution < -0.4 is 10.6 Å². The van der Waals surface area contributed by atoms with Crippen LogP contribution in [0.25, 0.3) is 0 Å². The van der Waals surface area contributed by atoms with E-state index in [-0.39, 0.29) is 24.7 Å². The van der Waals surface area contributed by atoms with Gasteiger partial charge in [-0.05, 0) is 25.1 Å². The second-order valence-electron chi connectivity index (χ2n) is 5.61. The molecule has 0 aromatic heterocycles. The van der Waals surface area contributed by atoms with Crippen LogP contribution in [0.3, 0.4) is 0 Å². The lowest BCUT2D eigenvalue weighted by Gasteiger charge is -2.39. The van der Waals surface area contributed by atoms with E-state index in [1.165, 1.54) is 4.90 Å². The van der Waals surface area contributed by atoms with Gasteiger partial charge in [0.2, 0.25) is 0 Å². The molecular formula is C15H23N3O3. The highest BCUT2D eigenvalue weighted by Crippen LogP contribution is 2.29. The number of aliphatic hydroxyl groups is 1. The quantitative estimate of drug-likeness (QED) is 0.796. The summed E-state index contributed by atoms with van der Waals surface area (Å²) in [6.45, 7) is 3.16. The Morgan fingerprint density at radius 3 is 2.81 bits per heavy atom. The second-order valence-corrected chi connectivity index (χ2v) is 5.61. The highest BCUT2D eigenvalue weighted by Gasteiger charge is 2.27. The molecule has 3 N–H and O–H groups in total. The summed E-state index contributed by atoms with van der Waals surface area (Å²) in [4.78, 5) is 15.6. The summed E-state index contributed by atoms with van der Waals surface area (Å²) >= 11 is 0. The maximum absolute atomic E-state index is 12.0. The van der Waals surface area contributed by atoms with Crippen molar-refractivity contribution in [1.29, 1.82) is 0 Å². The fraction of sp³-hybridized carbons (Fsp3) is 0.533. The highest BCUT2D eigenvalue weighted by molar-refractivity contribution is 5.95. The summed E-state index contributed by atoms with van der Waals surface area (Å²) in [7, 11) is 3.42. The molecule has 1 saturated heterocycles. The minimum atomic E-state index is -0.205. The molecule has 1 aliphatic rings. The Morgan fingerprint density at radius 1 is 1.52 bits per heavy atom. The third-order valence-electron chi connectivity index (χ3n) is 3.70. The van der Waals surface area contributed by atoms with Crippen molar-refractivity contribution in [3.05, 3.63) is 23.8 Å². The fourth-order valence-corrected chi connectivity index (χ4v) is 2.47. The molecule has 2 rings (SSSR count). The van der Waals surface area contributed by atoms with Gasteiger partial charge < -0.3 is 25.4 Å². The largest absolute Gasteiger partial charge is 0.397 e. The Labute approximate surface area is 125 Å². The number of anilines is 2. The first-order valence-corrected chi connectivity index (χ1v) is 7.04. The van der Waals surface area contributed by atoms with Gasteiger partial charge in [-0.2, -0.15) is 0 Å². The number of aliphatic hydroxyl groups excluding tert-OH is 1. The molecule has 0 bridgehead atoms. The molecule has 116 valence electrons. The Morgan fingerprint density at radius 2 is 2.24 bits per heavy atom. The molecule has 1 fully saturated rings. The van der Waals surface area contributed by atoms with Crippen molar-refractivity contribution in [2.45, 2.75) is 19.1 Å². The molecule has 21 heavy (non-hydrogen) atoms. The van der Waals surface area contributed by atoms with E-state index in [0.717, 1.165) is 5.69 Å². The molecule has 0 spiro atoms. The SMILES string of the molecule is CC1COC(CO)CN1c1ccc(C(=O)N(C)C)cc1N. The maximum Gasteiger partial charge on any atom is 0.253 e. The lowest BCUT2D eigenvalue weighted by atomic mass is 10.1. The van der Waals surface area contributed by atoms with Crippen molar-refractivity contribution in [3.8, 4) is 0 Å². The third-order valence-corrected chi connectivity index (χ3v) is 3.70. The monoisotopic (exact) mass is 293 g/mol. The van der Waals surface area contributed by atoms with Crippen LogP contribution in [0.15, 0.2) is 18.2 Å². The van der Waals surface area contributed by atoms with Crippen LogP contribution in [0.1, 0.15) is 17.3 Å². The van der Waals surface area contributed by atoms with Gasteiger partial charge in [-0.1, -0.05) is 0 Å². The first-order valence-electron chi connectivity index (χ1n) is 7.04. The molecule has 1 aromatic carbocycles. The Balaban J connectivity index is 2.25. The van der Waals surface area contributed by atoms with Crippen molar-refractivity contribution >= 4 is 17.3 Å². The molecular weight excluding hydrogens is 270 g/mol. The predicted octanol–water partition coefficient (Wildman–Crippen LogP) is 0.557. The van der Waals surface area contributed by atoms with E-state index >= 15 is 0 Å². The van der Waals surface area contributed by atoms with Crippen LogP contribution in [-0.4, -0.2) is 61.9 Å². The zero-order valence-corrected chi connectivity index (χ0v) is 12.7. The number of rotatable bonds is 3. The van der Waals surface area contributed by atoms with Gasteiger partial charge in [-0.3, -0.25) is 4.79 Å². The number of morpholine rings is 1. The third kappa shape index (κ3) is 3.28. The number of carbonyl (C=O) groups is 1. The van der Waals surface area contributed by atoms with E-state index in [4.69, 9.17) is 10.5 Å². The van der Waals surface area contributed by atoms with Gasteiger partial charge in [-0.25, -0.2) is 0 Å². The summed E-state index contributed by atoms with van der Waals surface area (Å²) in [6.07, 6.45) is -0.205. The molecule has 0 aliphatic carbocycles. The summed E-state index contributed by atoms with van der Waals surface area (Å²) < 4.78 is 5.53. The topological polar surface area (TPSA) is 79.0 Å². The van der Waals surface area contributed by atoms with Crippen LogP contribution in [0.2, 0.25) is 0 Å². The number of hydrogen-bond acceptors (Lipinski definition) is 5. The Hall–Kier alpha value is -1.79. The van der Waals surface area contributed by atoms with Crippen LogP contribution in [0, 0.1) is 0 Å². The fourth-order valence-electron chi connectivity index (χ4n) is 2.47. The molecule has 6 nitrogen and oxygen atoms in total. The summed E-state index contributed by atoms with van der Waals surface area (Å²) in [5.74, 6) is -0.0727. The van der Waals surface area contributed by atoms with Gasteiger partial charge >= 0.3 is 0 Å².